The van der Waals surface area contributed by atoms with Gasteiger partial charge in [0.1, 0.15) is 0 Å². The predicted molar refractivity (Wildman–Crippen MR) is 71.1 cm³/mol. The molecule has 1 aromatic rings. The molecule has 0 aliphatic carbocycles. The molecule has 1 saturated heterocycles. The Morgan fingerprint density at radius 3 is 2.71 bits per heavy atom. The molecular weight excluding hydrogens is 208 g/mol. The van der Waals surface area contributed by atoms with E-state index in [1.165, 1.54) is 29.7 Å². The Kier molecular flexibility index (Phi) is 3.68. The first kappa shape index (κ1) is 12.0. The zero-order valence-corrected chi connectivity index (χ0v) is 10.7. The summed E-state index contributed by atoms with van der Waals surface area (Å²) in [5.41, 5.74) is 4.08. The normalized spacial score (nSPS) is 20.1. The van der Waals surface area contributed by atoms with Gasteiger partial charge in [-0.1, -0.05) is 18.2 Å². The first-order valence-electron chi connectivity index (χ1n) is 6.40. The number of aryl methyl sites for hydroxylation is 2. The van der Waals surface area contributed by atoms with Crippen LogP contribution >= 0.6 is 0 Å². The maximum atomic E-state index is 8.82. The maximum absolute atomic E-state index is 8.82. The van der Waals surface area contributed by atoms with Gasteiger partial charge in [0.2, 0.25) is 0 Å². The first-order valence-corrected chi connectivity index (χ1v) is 6.40. The average molecular weight is 228 g/mol. The van der Waals surface area contributed by atoms with Crippen LogP contribution in [0.5, 0.6) is 0 Å². The van der Waals surface area contributed by atoms with Gasteiger partial charge < -0.3 is 4.90 Å². The van der Waals surface area contributed by atoms with E-state index in [1.807, 2.05) is 0 Å². The van der Waals surface area contributed by atoms with Crippen molar-refractivity contribution in [2.45, 2.75) is 33.1 Å². The summed E-state index contributed by atoms with van der Waals surface area (Å²) in [5, 5.41) is 8.82. The van der Waals surface area contributed by atoms with Gasteiger partial charge in [-0.3, -0.25) is 0 Å². The molecule has 2 rings (SSSR count). The van der Waals surface area contributed by atoms with Gasteiger partial charge in [-0.05, 0) is 43.7 Å². The summed E-state index contributed by atoms with van der Waals surface area (Å²) in [4.78, 5) is 2.47. The number of nitriles is 1. The minimum absolute atomic E-state index is 0.549. The fraction of sp³-hybridized carbons (Fsp3) is 0.533. The Balaban J connectivity index is 2.19. The van der Waals surface area contributed by atoms with Crippen molar-refractivity contribution in [3.8, 4) is 6.07 Å². The molecule has 1 unspecified atom stereocenters. The van der Waals surface area contributed by atoms with E-state index in [2.05, 4.69) is 43.0 Å². The minimum Gasteiger partial charge on any atom is -0.371 e. The van der Waals surface area contributed by atoms with Gasteiger partial charge in [-0.25, -0.2) is 0 Å². The van der Waals surface area contributed by atoms with Gasteiger partial charge in [0.15, 0.2) is 0 Å². The van der Waals surface area contributed by atoms with Crippen molar-refractivity contribution in [3.05, 3.63) is 29.3 Å². The molecule has 2 heteroatoms. The van der Waals surface area contributed by atoms with Crippen molar-refractivity contribution >= 4 is 5.69 Å². The van der Waals surface area contributed by atoms with Gasteiger partial charge in [-0.2, -0.15) is 5.26 Å². The highest BCUT2D eigenvalue weighted by Crippen LogP contribution is 2.29. The van der Waals surface area contributed by atoms with E-state index in [9.17, 15) is 0 Å². The average Bonchev–Trinajstić information content (AvgIpc) is 2.30. The van der Waals surface area contributed by atoms with Crippen LogP contribution in [0.1, 0.15) is 30.4 Å². The van der Waals surface area contributed by atoms with Crippen molar-refractivity contribution in [1.29, 1.82) is 5.26 Å². The quantitative estimate of drug-likeness (QED) is 0.775. The number of hydrogen-bond acceptors (Lipinski definition) is 2. The number of nitrogens with zero attached hydrogens (tertiary/aromatic N) is 2. The Morgan fingerprint density at radius 2 is 2.06 bits per heavy atom. The molecular formula is C15H20N2. The van der Waals surface area contributed by atoms with Gasteiger partial charge in [0.25, 0.3) is 0 Å². The van der Waals surface area contributed by atoms with Crippen molar-refractivity contribution in [3.63, 3.8) is 0 Å². The highest BCUT2D eigenvalue weighted by atomic mass is 15.1. The fourth-order valence-corrected chi connectivity index (χ4v) is 2.87. The molecule has 1 fully saturated rings. The lowest BCUT2D eigenvalue weighted by Gasteiger charge is -2.35. The highest BCUT2D eigenvalue weighted by molar-refractivity contribution is 5.59. The molecule has 0 amide bonds. The van der Waals surface area contributed by atoms with Crippen molar-refractivity contribution < 1.29 is 0 Å². The van der Waals surface area contributed by atoms with Crippen LogP contribution in [-0.4, -0.2) is 13.1 Å². The molecule has 0 spiro atoms. The summed E-state index contributed by atoms with van der Waals surface area (Å²) >= 11 is 0. The summed E-state index contributed by atoms with van der Waals surface area (Å²) in [7, 11) is 0. The van der Waals surface area contributed by atoms with Crippen LogP contribution in [0, 0.1) is 31.1 Å². The van der Waals surface area contributed by atoms with E-state index in [4.69, 9.17) is 5.26 Å². The maximum Gasteiger partial charge on any atom is 0.0625 e. The topological polar surface area (TPSA) is 27.0 Å². The molecule has 1 atom stereocenters. The van der Waals surface area contributed by atoms with Crippen molar-refractivity contribution in [2.24, 2.45) is 5.92 Å². The van der Waals surface area contributed by atoms with E-state index < -0.39 is 0 Å². The standard InChI is InChI=1S/C15H20N2/c1-12-5-3-6-13(2)15(12)17-10-4-7-14(11-17)8-9-16/h3,5-6,14H,4,7-8,10-11H2,1-2H3. The lowest BCUT2D eigenvalue weighted by molar-refractivity contribution is 0.421. The molecule has 1 aromatic carbocycles. The molecule has 2 nitrogen and oxygen atoms in total. The third-order valence-corrected chi connectivity index (χ3v) is 3.65. The van der Waals surface area contributed by atoms with Gasteiger partial charge >= 0.3 is 0 Å². The Labute approximate surface area is 104 Å². The lowest BCUT2D eigenvalue weighted by atomic mass is 9.94. The van der Waals surface area contributed by atoms with Crippen LogP contribution in [0.3, 0.4) is 0 Å². The number of hydrogen-bond donors (Lipinski definition) is 0. The molecule has 0 aromatic heterocycles. The summed E-state index contributed by atoms with van der Waals surface area (Å²) in [6, 6.07) is 8.78. The monoisotopic (exact) mass is 228 g/mol. The third-order valence-electron chi connectivity index (χ3n) is 3.65. The molecule has 90 valence electrons. The zero-order valence-electron chi connectivity index (χ0n) is 10.7. The van der Waals surface area contributed by atoms with E-state index >= 15 is 0 Å². The Hall–Kier alpha value is -1.49. The van der Waals surface area contributed by atoms with Gasteiger partial charge in [0.05, 0.1) is 6.07 Å². The van der Waals surface area contributed by atoms with E-state index in [-0.39, 0.29) is 0 Å². The van der Waals surface area contributed by atoms with Crippen LogP contribution in [0.25, 0.3) is 0 Å². The number of piperidine rings is 1. The number of benzene rings is 1. The van der Waals surface area contributed by atoms with E-state index in [0.717, 1.165) is 13.1 Å². The highest BCUT2D eigenvalue weighted by Gasteiger charge is 2.21. The van der Waals surface area contributed by atoms with Crippen LogP contribution in [0.2, 0.25) is 0 Å². The van der Waals surface area contributed by atoms with Crippen LogP contribution < -0.4 is 4.90 Å². The second kappa shape index (κ2) is 5.23. The summed E-state index contributed by atoms with van der Waals surface area (Å²) in [5.74, 6) is 0.549. The molecule has 0 saturated carbocycles. The van der Waals surface area contributed by atoms with E-state index in [1.54, 1.807) is 0 Å². The Bertz CT molecular complexity index is 411. The molecule has 17 heavy (non-hydrogen) atoms. The van der Waals surface area contributed by atoms with Crippen LogP contribution in [0.15, 0.2) is 18.2 Å². The smallest absolute Gasteiger partial charge is 0.0625 e. The molecule has 1 heterocycles. The lowest BCUT2D eigenvalue weighted by Crippen LogP contribution is -2.36. The fourth-order valence-electron chi connectivity index (χ4n) is 2.87. The summed E-state index contributed by atoms with van der Waals surface area (Å²) in [6.45, 7) is 6.53. The van der Waals surface area contributed by atoms with Crippen LogP contribution in [-0.2, 0) is 0 Å². The van der Waals surface area contributed by atoms with Crippen LogP contribution in [0.4, 0.5) is 5.69 Å². The van der Waals surface area contributed by atoms with Crippen molar-refractivity contribution in [1.82, 2.24) is 0 Å². The van der Waals surface area contributed by atoms with Gasteiger partial charge in [-0.15, -0.1) is 0 Å². The molecule has 0 bridgehead atoms. The second-order valence-corrected chi connectivity index (χ2v) is 5.06. The third kappa shape index (κ3) is 2.61. The zero-order chi connectivity index (χ0) is 12.3. The molecule has 1 aliphatic rings. The summed E-state index contributed by atoms with van der Waals surface area (Å²) in [6.07, 6.45) is 3.11. The Morgan fingerprint density at radius 1 is 1.35 bits per heavy atom. The summed E-state index contributed by atoms with van der Waals surface area (Å²) < 4.78 is 0. The molecule has 0 radical (unpaired) electrons. The molecule has 1 aliphatic heterocycles. The minimum atomic E-state index is 0.549. The number of anilines is 1. The van der Waals surface area contributed by atoms with Gasteiger partial charge in [0, 0.05) is 25.2 Å². The number of rotatable bonds is 2. The SMILES string of the molecule is Cc1cccc(C)c1N1CCCC(CC#N)C1. The largest absolute Gasteiger partial charge is 0.371 e. The first-order chi connectivity index (χ1) is 8.22. The predicted octanol–water partition coefficient (Wildman–Crippen LogP) is 3.43. The second-order valence-electron chi connectivity index (χ2n) is 5.06. The number of para-hydroxylation sites is 1. The molecule has 0 N–H and O–H groups in total. The van der Waals surface area contributed by atoms with E-state index in [0.29, 0.717) is 12.3 Å². The van der Waals surface area contributed by atoms with Crippen molar-refractivity contribution in [2.75, 3.05) is 18.0 Å².